The lowest BCUT2D eigenvalue weighted by atomic mass is 9.82. The Morgan fingerprint density at radius 3 is 1.25 bits per heavy atom. The lowest BCUT2D eigenvalue weighted by Gasteiger charge is -2.22. The summed E-state index contributed by atoms with van der Waals surface area (Å²) in [5, 5.41) is 17.2. The zero-order valence-corrected chi connectivity index (χ0v) is 30.5. The highest BCUT2D eigenvalue weighted by Gasteiger charge is 2.29. The number of halogens is 1. The van der Waals surface area contributed by atoms with E-state index in [0.29, 0.717) is 25.7 Å². The van der Waals surface area contributed by atoms with E-state index in [9.17, 15) is 14.4 Å². The summed E-state index contributed by atoms with van der Waals surface area (Å²) in [5.74, 6) is -2.64. The predicted octanol–water partition coefficient (Wildman–Crippen LogP) is 11.5. The summed E-state index contributed by atoms with van der Waals surface area (Å²) in [6.45, 7) is 11.4. The molecule has 2 N–H and O–H groups in total. The lowest BCUT2D eigenvalue weighted by molar-refractivity contribution is -0.148. The number of carbonyl (C=O) groups is 3. The van der Waals surface area contributed by atoms with Crippen molar-refractivity contribution in [1.82, 2.24) is 0 Å². The van der Waals surface area contributed by atoms with Crippen LogP contribution in [0, 0.1) is 11.8 Å². The summed E-state index contributed by atoms with van der Waals surface area (Å²) in [6, 6.07) is 0. The molecule has 0 aromatic heterocycles. The topological polar surface area (TPSA) is 101 Å². The summed E-state index contributed by atoms with van der Waals surface area (Å²) < 4.78 is 5.41. The summed E-state index contributed by atoms with van der Waals surface area (Å²) in [5.41, 5.74) is 0. The molecule has 1 aliphatic rings. The van der Waals surface area contributed by atoms with Crippen LogP contribution in [0.1, 0.15) is 168 Å². The Labute approximate surface area is 284 Å². The van der Waals surface area contributed by atoms with Gasteiger partial charge in [0.1, 0.15) is 6.61 Å². The monoisotopic (exact) mass is 734 g/mol. The van der Waals surface area contributed by atoms with Crippen molar-refractivity contribution in [1.29, 1.82) is 0 Å². The number of hydrogen-bond donors (Lipinski definition) is 2. The number of carbonyl (C=O) groups excluding carboxylic acids is 1. The first-order valence-electron chi connectivity index (χ1n) is 17.7. The molecule has 0 amide bonds. The summed E-state index contributed by atoms with van der Waals surface area (Å²) in [7, 11) is 0. The van der Waals surface area contributed by atoms with Crippen LogP contribution in [0.25, 0.3) is 0 Å². The second-order valence-corrected chi connectivity index (χ2v) is 13.9. The van der Waals surface area contributed by atoms with Gasteiger partial charge in [-0.2, -0.15) is 0 Å². The molecule has 258 valence electrons. The van der Waals surface area contributed by atoms with E-state index in [4.69, 9.17) is 10.2 Å². The van der Waals surface area contributed by atoms with Crippen LogP contribution in [0.2, 0.25) is 0 Å². The Bertz CT molecular complexity index is 680. The fourth-order valence-electron chi connectivity index (χ4n) is 5.28. The molecule has 0 heterocycles. The number of rotatable bonds is 25. The molecule has 1 unspecified atom stereocenters. The van der Waals surface area contributed by atoms with E-state index in [-0.39, 0.29) is 18.4 Å². The minimum atomic E-state index is -0.793. The molecule has 0 aromatic rings. The van der Waals surface area contributed by atoms with Gasteiger partial charge >= 0.3 is 17.9 Å². The SMILES string of the molecule is C=CCOC(=O)C=C.CCCCCCCCCCCCCC(I)CCCCCCCCC.O=C(O)C1CCC(C(=O)O)CC1. The highest BCUT2D eigenvalue weighted by molar-refractivity contribution is 14.1. The quantitative estimate of drug-likeness (QED) is 0.0242. The number of carboxylic acid groups (broad SMARTS) is 2. The Hall–Kier alpha value is -1.38. The minimum absolute atomic E-state index is 0.255. The lowest BCUT2D eigenvalue weighted by Crippen LogP contribution is -2.25. The average molecular weight is 735 g/mol. The van der Waals surface area contributed by atoms with Crippen LogP contribution in [0.5, 0.6) is 0 Å². The molecule has 0 saturated heterocycles. The van der Waals surface area contributed by atoms with Crippen molar-refractivity contribution in [3.8, 4) is 0 Å². The molecule has 6 nitrogen and oxygen atoms in total. The molecular formula is C37H67IO6. The van der Waals surface area contributed by atoms with Gasteiger partial charge in [0.15, 0.2) is 0 Å². The molecular weight excluding hydrogens is 667 g/mol. The minimum Gasteiger partial charge on any atom is -0.481 e. The van der Waals surface area contributed by atoms with Crippen LogP contribution in [-0.4, -0.2) is 38.7 Å². The first-order chi connectivity index (χ1) is 21.2. The van der Waals surface area contributed by atoms with Crippen LogP contribution in [0.15, 0.2) is 25.3 Å². The maximum atomic E-state index is 10.5. The normalized spacial score (nSPS) is 16.3. The number of unbranched alkanes of at least 4 members (excludes halogenated alkanes) is 16. The molecule has 0 bridgehead atoms. The van der Waals surface area contributed by atoms with Crippen LogP contribution in [0.4, 0.5) is 0 Å². The van der Waals surface area contributed by atoms with E-state index in [1.807, 2.05) is 0 Å². The number of carboxylic acids is 2. The molecule has 0 aliphatic heterocycles. The first kappa shape index (κ1) is 44.7. The fourth-order valence-corrected chi connectivity index (χ4v) is 6.17. The first-order valence-corrected chi connectivity index (χ1v) is 19.0. The van der Waals surface area contributed by atoms with Gasteiger partial charge in [0.2, 0.25) is 0 Å². The summed E-state index contributed by atoms with van der Waals surface area (Å²) in [6.07, 6.45) is 33.8. The second-order valence-electron chi connectivity index (χ2n) is 12.2. The number of ether oxygens (including phenoxy) is 1. The van der Waals surface area contributed by atoms with Crippen molar-refractivity contribution in [3.63, 3.8) is 0 Å². The van der Waals surface area contributed by atoms with Gasteiger partial charge < -0.3 is 14.9 Å². The Kier molecular flexibility index (Phi) is 35.1. The average Bonchev–Trinajstić information content (AvgIpc) is 3.02. The van der Waals surface area contributed by atoms with Gasteiger partial charge in [-0.15, -0.1) is 0 Å². The Morgan fingerprint density at radius 2 is 0.977 bits per heavy atom. The van der Waals surface area contributed by atoms with E-state index < -0.39 is 17.9 Å². The maximum absolute atomic E-state index is 10.5. The van der Waals surface area contributed by atoms with E-state index in [1.165, 1.54) is 134 Å². The van der Waals surface area contributed by atoms with Gasteiger partial charge in [0, 0.05) is 10.0 Å². The van der Waals surface area contributed by atoms with Crippen molar-refractivity contribution in [2.24, 2.45) is 11.8 Å². The highest BCUT2D eigenvalue weighted by Crippen LogP contribution is 2.28. The number of esters is 1. The van der Waals surface area contributed by atoms with Gasteiger partial charge in [-0.05, 0) is 38.5 Å². The zero-order chi connectivity index (χ0) is 33.3. The van der Waals surface area contributed by atoms with Gasteiger partial charge in [0.05, 0.1) is 11.8 Å². The number of aliphatic carboxylic acids is 2. The van der Waals surface area contributed by atoms with Crippen LogP contribution >= 0.6 is 22.6 Å². The van der Waals surface area contributed by atoms with Gasteiger partial charge in [-0.3, -0.25) is 9.59 Å². The Balaban J connectivity index is 0. The largest absolute Gasteiger partial charge is 0.481 e. The molecule has 1 rings (SSSR count). The van der Waals surface area contributed by atoms with E-state index in [2.05, 4.69) is 54.3 Å². The summed E-state index contributed by atoms with van der Waals surface area (Å²) in [4.78, 5) is 31.1. The van der Waals surface area contributed by atoms with Gasteiger partial charge in [0.25, 0.3) is 0 Å². The molecule has 44 heavy (non-hydrogen) atoms. The van der Waals surface area contributed by atoms with Crippen molar-refractivity contribution >= 4 is 40.5 Å². The smallest absolute Gasteiger partial charge is 0.330 e. The molecule has 0 spiro atoms. The highest BCUT2D eigenvalue weighted by atomic mass is 127. The third-order valence-corrected chi connectivity index (χ3v) is 9.42. The van der Waals surface area contributed by atoms with Crippen LogP contribution in [0.3, 0.4) is 0 Å². The second kappa shape index (κ2) is 34.5. The molecule has 1 fully saturated rings. The maximum Gasteiger partial charge on any atom is 0.330 e. The van der Waals surface area contributed by atoms with Crippen molar-refractivity contribution < 1.29 is 29.3 Å². The van der Waals surface area contributed by atoms with Crippen molar-refractivity contribution in [2.45, 2.75) is 172 Å². The van der Waals surface area contributed by atoms with Crippen molar-refractivity contribution in [2.75, 3.05) is 6.61 Å². The van der Waals surface area contributed by atoms with Gasteiger partial charge in [-0.25, -0.2) is 4.79 Å². The van der Waals surface area contributed by atoms with E-state index >= 15 is 0 Å². The van der Waals surface area contributed by atoms with Gasteiger partial charge in [-0.1, -0.05) is 171 Å². The summed E-state index contributed by atoms with van der Waals surface area (Å²) >= 11 is 2.71. The van der Waals surface area contributed by atoms with Crippen LogP contribution in [-0.2, 0) is 19.1 Å². The predicted molar refractivity (Wildman–Crippen MR) is 194 cm³/mol. The molecule has 1 atom stereocenters. The molecule has 0 radical (unpaired) electrons. The molecule has 1 aliphatic carbocycles. The third kappa shape index (κ3) is 32.0. The van der Waals surface area contributed by atoms with Crippen LogP contribution < -0.4 is 0 Å². The number of alkyl halides is 1. The fraction of sp³-hybridized carbons (Fsp3) is 0.811. The van der Waals surface area contributed by atoms with Crippen molar-refractivity contribution in [3.05, 3.63) is 25.3 Å². The van der Waals surface area contributed by atoms with E-state index in [0.717, 1.165) is 10.0 Å². The standard InChI is InChI=1S/C23H47I.C8H12O4.C6H8O2/c1-3-5-7-9-11-12-13-14-16-18-20-22-23(24)21-19-17-15-10-8-6-4-2;9-7(10)5-1-2-6(4-3-5)8(11)12;1-3-5-8-6(7)4-2/h23H,3-22H2,1-2H3;5-6H,1-4H2,(H,9,10)(H,11,12);3-4H,1-2,5H2. The third-order valence-electron chi connectivity index (χ3n) is 8.18. The molecule has 0 aromatic carbocycles. The Morgan fingerprint density at radius 1 is 0.659 bits per heavy atom. The van der Waals surface area contributed by atoms with E-state index in [1.54, 1.807) is 0 Å². The molecule has 7 heteroatoms. The zero-order valence-electron chi connectivity index (χ0n) is 28.4. The molecule has 1 saturated carbocycles. The number of hydrogen-bond acceptors (Lipinski definition) is 4.